The lowest BCUT2D eigenvalue weighted by Gasteiger charge is -2.33. The van der Waals surface area contributed by atoms with Gasteiger partial charge in [0.15, 0.2) is 5.84 Å². The first kappa shape index (κ1) is 27.9. The number of nitrogens with zero attached hydrogens (tertiary/aromatic N) is 4. The number of aryl methyl sites for hydroxylation is 2. The number of hydrogen-bond acceptors (Lipinski definition) is 9. The summed E-state index contributed by atoms with van der Waals surface area (Å²) in [6.45, 7) is 0.381. The van der Waals surface area contributed by atoms with Crippen molar-refractivity contribution in [2.24, 2.45) is 22.1 Å². The first-order valence-electron chi connectivity index (χ1n) is 13.1. The maximum Gasteiger partial charge on any atom is 0.261 e. The summed E-state index contributed by atoms with van der Waals surface area (Å²) < 4.78 is 0. The molecule has 210 valence electrons. The van der Waals surface area contributed by atoms with E-state index >= 15 is 0 Å². The van der Waals surface area contributed by atoms with Crippen molar-refractivity contribution in [1.82, 2.24) is 20.9 Å². The summed E-state index contributed by atoms with van der Waals surface area (Å²) >= 11 is 2.76. The lowest BCUT2D eigenvalue weighted by Crippen LogP contribution is -2.44. The van der Waals surface area contributed by atoms with Crippen LogP contribution in [-0.2, 0) is 23.1 Å². The zero-order valence-corrected chi connectivity index (χ0v) is 23.9. The van der Waals surface area contributed by atoms with Crippen LogP contribution in [0.15, 0.2) is 22.5 Å². The highest BCUT2D eigenvalue weighted by Crippen LogP contribution is 2.49. The summed E-state index contributed by atoms with van der Waals surface area (Å²) in [6, 6.07) is 5.63. The topological polar surface area (TPSA) is 189 Å². The molecule has 1 unspecified atom stereocenters. The van der Waals surface area contributed by atoms with Gasteiger partial charge in [-0.3, -0.25) is 19.8 Å². The molecular formula is C26H31N9O3S2. The van der Waals surface area contributed by atoms with Gasteiger partial charge < -0.3 is 26.7 Å². The average molecular weight is 582 g/mol. The number of likely N-dealkylation sites (tertiary alicyclic amines) is 1. The predicted molar refractivity (Wildman–Crippen MR) is 151 cm³/mol. The van der Waals surface area contributed by atoms with Gasteiger partial charge in [-0.15, -0.1) is 27.8 Å². The van der Waals surface area contributed by atoms with Crippen LogP contribution in [0.5, 0.6) is 0 Å². The fourth-order valence-corrected chi connectivity index (χ4v) is 8.44. The number of thiophene rings is 2. The summed E-state index contributed by atoms with van der Waals surface area (Å²) in [6.07, 6.45) is 3.26. The molecule has 0 bridgehead atoms. The number of nitrogens with two attached hydrogens (primary N) is 1. The molecule has 12 nitrogen and oxygen atoms in total. The minimum atomic E-state index is -1.16. The highest BCUT2D eigenvalue weighted by atomic mass is 32.1. The molecule has 0 spiro atoms. The lowest BCUT2D eigenvalue weighted by molar-refractivity contribution is -0.131. The molecule has 1 aliphatic heterocycles. The van der Waals surface area contributed by atoms with E-state index in [1.54, 1.807) is 31.1 Å². The number of carbonyl (C=O) groups is 3. The molecule has 1 saturated carbocycles. The number of amidine groups is 1. The van der Waals surface area contributed by atoms with Crippen molar-refractivity contribution in [1.29, 1.82) is 10.7 Å². The largest absolute Gasteiger partial charge is 0.354 e. The predicted octanol–water partition coefficient (Wildman–Crippen LogP) is 1.71. The van der Waals surface area contributed by atoms with Crippen LogP contribution in [0.1, 0.15) is 59.5 Å². The van der Waals surface area contributed by atoms with Gasteiger partial charge in [-0.2, -0.15) is 5.26 Å². The number of nitrogens with one attached hydrogen (secondary N) is 4. The number of hydrogen-bond donors (Lipinski definition) is 5. The van der Waals surface area contributed by atoms with Crippen molar-refractivity contribution < 1.29 is 14.4 Å². The number of amides is 3. The Kier molecular flexibility index (Phi) is 7.72. The van der Waals surface area contributed by atoms with E-state index < -0.39 is 5.41 Å². The summed E-state index contributed by atoms with van der Waals surface area (Å²) in [5, 5.41) is 34.5. The van der Waals surface area contributed by atoms with Crippen LogP contribution < -0.4 is 21.8 Å². The standard InChI is InChI=1S/C26H31N9O3S2/c1-30-23(37)20-9-15-18(39-20)3-4-19-16(10-21(40-19)24(38)31-2)26(15,25(28)33-34-29)5-6-32-12-22(36)35-14(11-27)7-13-8-17(13)35/h9-10,13-14,17,32H,3-8,12H2,1-2H3,(H,30,37)(H,31,38)(H3,28,29,33)/t13-,14?,17+/m1/s1. The zero-order chi connectivity index (χ0) is 28.6. The van der Waals surface area contributed by atoms with Crippen molar-refractivity contribution >= 4 is 46.2 Å². The summed E-state index contributed by atoms with van der Waals surface area (Å²) in [5.74, 6) is 5.19. The smallest absolute Gasteiger partial charge is 0.261 e. The molecule has 2 aromatic heterocycles. The normalized spacial score (nSPS) is 22.0. The quantitative estimate of drug-likeness (QED) is 0.0787. The Hall–Kier alpha value is -3.67. The Morgan fingerprint density at radius 2 is 1.73 bits per heavy atom. The van der Waals surface area contributed by atoms with Gasteiger partial charge in [0.1, 0.15) is 6.04 Å². The molecule has 2 aromatic rings. The molecule has 1 saturated heterocycles. The van der Waals surface area contributed by atoms with Crippen LogP contribution >= 0.6 is 22.7 Å². The van der Waals surface area contributed by atoms with Gasteiger partial charge in [0.05, 0.1) is 27.8 Å². The number of rotatable bonds is 8. The molecular weight excluding hydrogens is 550 g/mol. The summed E-state index contributed by atoms with van der Waals surface area (Å²) in [4.78, 5) is 42.9. The molecule has 3 atom stereocenters. The van der Waals surface area contributed by atoms with E-state index in [2.05, 4.69) is 32.4 Å². The monoisotopic (exact) mass is 581 g/mol. The zero-order valence-electron chi connectivity index (χ0n) is 22.2. The highest BCUT2D eigenvalue weighted by Gasteiger charge is 2.54. The van der Waals surface area contributed by atoms with Crippen LogP contribution in [0.25, 0.3) is 0 Å². The fourth-order valence-electron chi connectivity index (χ4n) is 6.07. The second kappa shape index (κ2) is 11.1. The Bertz CT molecular complexity index is 1380. The van der Waals surface area contributed by atoms with Gasteiger partial charge in [0.25, 0.3) is 11.8 Å². The molecule has 0 aromatic carbocycles. The van der Waals surface area contributed by atoms with Crippen LogP contribution in [0.3, 0.4) is 0 Å². The first-order chi connectivity index (χ1) is 19.3. The molecule has 3 aliphatic rings. The van der Waals surface area contributed by atoms with Crippen molar-refractivity contribution in [3.63, 3.8) is 0 Å². The number of piperidine rings is 1. The van der Waals surface area contributed by atoms with E-state index in [0.29, 0.717) is 41.5 Å². The third-order valence-corrected chi connectivity index (χ3v) is 10.5. The van der Waals surface area contributed by atoms with Gasteiger partial charge in [-0.25, -0.2) is 0 Å². The van der Waals surface area contributed by atoms with Crippen LogP contribution in [0.4, 0.5) is 0 Å². The molecule has 3 amide bonds. The molecule has 14 heteroatoms. The molecule has 2 aliphatic carbocycles. The van der Waals surface area contributed by atoms with Gasteiger partial charge in [0.2, 0.25) is 5.91 Å². The SMILES string of the molecule is CNC(=O)c1cc2c(s1)CCc1sc(C(=O)NC)cc1C2(CCNCC(=O)N1C(C#N)C[C@@H]2C[C@@H]21)C(=N)N=NN. The third kappa shape index (κ3) is 4.67. The van der Waals surface area contributed by atoms with Crippen LogP contribution in [-0.4, -0.2) is 67.7 Å². The highest BCUT2D eigenvalue weighted by molar-refractivity contribution is 7.15. The van der Waals surface area contributed by atoms with Gasteiger partial charge >= 0.3 is 0 Å². The lowest BCUT2D eigenvalue weighted by atomic mass is 9.71. The van der Waals surface area contributed by atoms with Crippen LogP contribution in [0, 0.1) is 22.7 Å². The minimum Gasteiger partial charge on any atom is -0.354 e. The van der Waals surface area contributed by atoms with Crippen molar-refractivity contribution in [2.75, 3.05) is 27.2 Å². The van der Waals surface area contributed by atoms with Crippen molar-refractivity contribution in [3.05, 3.63) is 42.8 Å². The van der Waals surface area contributed by atoms with Gasteiger partial charge in [0, 0.05) is 29.9 Å². The number of fused-ring (bicyclic) bond motifs is 3. The van der Waals surface area contributed by atoms with E-state index in [1.165, 1.54) is 22.7 Å². The molecule has 40 heavy (non-hydrogen) atoms. The van der Waals surface area contributed by atoms with Gasteiger partial charge in [-0.05, 0) is 67.8 Å². The second-order valence-corrected chi connectivity index (χ2v) is 12.5. The third-order valence-electron chi connectivity index (χ3n) is 8.07. The maximum absolute atomic E-state index is 13.0. The molecule has 0 radical (unpaired) electrons. The van der Waals surface area contributed by atoms with E-state index in [1.807, 2.05) is 0 Å². The van der Waals surface area contributed by atoms with E-state index in [4.69, 9.17) is 11.3 Å². The Morgan fingerprint density at radius 3 is 2.25 bits per heavy atom. The Morgan fingerprint density at radius 1 is 1.12 bits per heavy atom. The minimum absolute atomic E-state index is 0.0587. The number of carbonyl (C=O) groups excluding carboxylic acids is 3. The van der Waals surface area contributed by atoms with Crippen LogP contribution in [0.2, 0.25) is 0 Å². The molecule has 6 N–H and O–H groups in total. The van der Waals surface area contributed by atoms with E-state index in [-0.39, 0.29) is 42.2 Å². The molecule has 3 heterocycles. The van der Waals surface area contributed by atoms with Crippen molar-refractivity contribution in [2.45, 2.75) is 49.6 Å². The molecule has 5 rings (SSSR count). The summed E-state index contributed by atoms with van der Waals surface area (Å²) in [7, 11) is 3.14. The average Bonchev–Trinajstić information content (AvgIpc) is 3.29. The second-order valence-electron chi connectivity index (χ2n) is 10.2. The Balaban J connectivity index is 1.50. The van der Waals surface area contributed by atoms with E-state index in [0.717, 1.165) is 33.7 Å². The maximum atomic E-state index is 13.0. The van der Waals surface area contributed by atoms with Crippen molar-refractivity contribution in [3.8, 4) is 6.07 Å². The molecule has 2 fully saturated rings. The Labute approximate surface area is 239 Å². The fraction of sp³-hybridized carbons (Fsp3) is 0.500. The summed E-state index contributed by atoms with van der Waals surface area (Å²) in [5.41, 5.74) is 0.355. The van der Waals surface area contributed by atoms with Gasteiger partial charge in [-0.1, -0.05) is 5.22 Å². The first-order valence-corrected chi connectivity index (χ1v) is 14.7. The number of nitriles is 1. The van der Waals surface area contributed by atoms with E-state index in [9.17, 15) is 19.6 Å².